The average molecular weight is 347 g/mol. The zero-order chi connectivity index (χ0) is 17.3. The lowest BCUT2D eigenvalue weighted by atomic mass is 10.1. The smallest absolute Gasteiger partial charge is 0.288 e. The fraction of sp³-hybridized carbons (Fsp3) is 0.0667. The van der Waals surface area contributed by atoms with E-state index in [0.29, 0.717) is 16.0 Å². The molecule has 24 heavy (non-hydrogen) atoms. The molecule has 1 atom stereocenters. The summed E-state index contributed by atoms with van der Waals surface area (Å²) in [4.78, 5) is 15.5. The Bertz CT molecular complexity index is 1000. The van der Waals surface area contributed by atoms with Crippen molar-refractivity contribution in [2.24, 2.45) is 0 Å². The molecule has 0 amide bonds. The zero-order valence-electron chi connectivity index (χ0n) is 12.5. The third-order valence-corrected chi connectivity index (χ3v) is 4.07. The molecule has 3 rings (SSSR count). The SMILES string of the molecule is COS(=O)Nc1cccc(-c2cnc3c(c2)c(O)cc(=O)n3O)c1. The van der Waals surface area contributed by atoms with E-state index in [1.165, 1.54) is 13.3 Å². The van der Waals surface area contributed by atoms with Crippen LogP contribution in [0, 0.1) is 0 Å². The minimum Gasteiger partial charge on any atom is -0.507 e. The van der Waals surface area contributed by atoms with Crippen LogP contribution >= 0.6 is 0 Å². The van der Waals surface area contributed by atoms with Crippen molar-refractivity contribution in [1.82, 2.24) is 9.71 Å². The highest BCUT2D eigenvalue weighted by molar-refractivity contribution is 7.81. The van der Waals surface area contributed by atoms with E-state index in [0.717, 1.165) is 11.6 Å². The second-order valence-corrected chi connectivity index (χ2v) is 5.87. The average Bonchev–Trinajstić information content (AvgIpc) is 2.59. The van der Waals surface area contributed by atoms with Crippen LogP contribution in [0.3, 0.4) is 0 Å². The van der Waals surface area contributed by atoms with Crippen LogP contribution in [-0.4, -0.2) is 31.3 Å². The number of pyridine rings is 2. The molecule has 3 aromatic rings. The highest BCUT2D eigenvalue weighted by atomic mass is 32.2. The maximum absolute atomic E-state index is 11.4. The van der Waals surface area contributed by atoms with Crippen molar-refractivity contribution in [3.8, 4) is 16.9 Å². The maximum atomic E-state index is 11.4. The molecule has 0 saturated heterocycles. The lowest BCUT2D eigenvalue weighted by Gasteiger charge is -2.09. The van der Waals surface area contributed by atoms with Gasteiger partial charge in [-0.25, -0.2) is 9.19 Å². The van der Waals surface area contributed by atoms with E-state index in [1.807, 2.05) is 0 Å². The lowest BCUT2D eigenvalue weighted by Crippen LogP contribution is -2.17. The summed E-state index contributed by atoms with van der Waals surface area (Å²) in [5.74, 6) is -0.274. The van der Waals surface area contributed by atoms with Gasteiger partial charge in [-0.05, 0) is 23.8 Å². The minimum atomic E-state index is -1.65. The third kappa shape index (κ3) is 2.94. The molecule has 0 aliphatic carbocycles. The van der Waals surface area contributed by atoms with Gasteiger partial charge in [0, 0.05) is 23.5 Å². The van der Waals surface area contributed by atoms with Crippen molar-refractivity contribution >= 4 is 28.0 Å². The Morgan fingerprint density at radius 2 is 2.04 bits per heavy atom. The summed E-state index contributed by atoms with van der Waals surface area (Å²) in [6.45, 7) is 0. The highest BCUT2D eigenvalue weighted by Crippen LogP contribution is 2.28. The topological polar surface area (TPSA) is 114 Å². The Labute approximate surface area is 138 Å². The number of aromatic nitrogens is 2. The third-order valence-electron chi connectivity index (χ3n) is 3.36. The normalized spacial score (nSPS) is 12.2. The number of hydrogen-bond acceptors (Lipinski definition) is 6. The predicted octanol–water partition coefficient (Wildman–Crippen LogP) is 1.64. The second-order valence-electron chi connectivity index (χ2n) is 4.86. The molecule has 3 N–H and O–H groups in total. The van der Waals surface area contributed by atoms with Gasteiger partial charge >= 0.3 is 0 Å². The first-order chi connectivity index (χ1) is 11.5. The summed E-state index contributed by atoms with van der Waals surface area (Å²) in [6, 6.07) is 9.50. The van der Waals surface area contributed by atoms with Crippen molar-refractivity contribution in [2.45, 2.75) is 0 Å². The number of hydrogen-bond donors (Lipinski definition) is 3. The molecular weight excluding hydrogens is 334 g/mol. The fourth-order valence-electron chi connectivity index (χ4n) is 2.23. The molecule has 0 spiro atoms. The molecule has 0 aliphatic rings. The van der Waals surface area contributed by atoms with Crippen molar-refractivity contribution in [3.05, 3.63) is 52.9 Å². The van der Waals surface area contributed by atoms with Crippen molar-refractivity contribution in [2.75, 3.05) is 11.8 Å². The van der Waals surface area contributed by atoms with Crippen LogP contribution in [0.25, 0.3) is 22.2 Å². The van der Waals surface area contributed by atoms with E-state index < -0.39 is 16.8 Å². The molecule has 0 fully saturated rings. The monoisotopic (exact) mass is 347 g/mol. The Kier molecular flexibility index (Phi) is 4.19. The van der Waals surface area contributed by atoms with Crippen LogP contribution < -0.4 is 10.3 Å². The summed E-state index contributed by atoms with van der Waals surface area (Å²) in [6.07, 6.45) is 1.46. The summed E-state index contributed by atoms with van der Waals surface area (Å²) in [5, 5.41) is 19.8. The molecule has 0 aliphatic heterocycles. The van der Waals surface area contributed by atoms with Crippen LogP contribution in [0.2, 0.25) is 0 Å². The Morgan fingerprint density at radius 3 is 2.79 bits per heavy atom. The molecule has 0 radical (unpaired) electrons. The van der Waals surface area contributed by atoms with Gasteiger partial charge in [-0.2, -0.15) is 0 Å². The second kappa shape index (κ2) is 6.30. The summed E-state index contributed by atoms with van der Waals surface area (Å²) in [5.41, 5.74) is 1.14. The van der Waals surface area contributed by atoms with Gasteiger partial charge in [0.05, 0.1) is 12.5 Å². The molecule has 8 nitrogen and oxygen atoms in total. The Balaban J connectivity index is 2.09. The zero-order valence-corrected chi connectivity index (χ0v) is 13.3. The first kappa shape index (κ1) is 16.0. The number of aromatic hydroxyl groups is 1. The van der Waals surface area contributed by atoms with Gasteiger partial charge < -0.3 is 10.3 Å². The largest absolute Gasteiger partial charge is 0.507 e. The van der Waals surface area contributed by atoms with E-state index in [1.54, 1.807) is 30.3 Å². The molecule has 0 saturated carbocycles. The van der Waals surface area contributed by atoms with Crippen molar-refractivity contribution < 1.29 is 18.7 Å². The highest BCUT2D eigenvalue weighted by Gasteiger charge is 2.11. The lowest BCUT2D eigenvalue weighted by molar-refractivity contribution is 0.186. The van der Waals surface area contributed by atoms with Crippen molar-refractivity contribution in [3.63, 3.8) is 0 Å². The summed E-state index contributed by atoms with van der Waals surface area (Å²) < 4.78 is 19.1. The molecule has 1 aromatic carbocycles. The molecule has 1 unspecified atom stereocenters. The summed E-state index contributed by atoms with van der Waals surface area (Å²) in [7, 11) is 1.32. The number of fused-ring (bicyclic) bond motifs is 1. The van der Waals surface area contributed by atoms with Gasteiger partial charge in [0.25, 0.3) is 16.8 Å². The van der Waals surface area contributed by atoms with Gasteiger partial charge in [0.15, 0.2) is 5.65 Å². The van der Waals surface area contributed by atoms with Crippen LogP contribution in [0.15, 0.2) is 47.4 Å². The van der Waals surface area contributed by atoms with Gasteiger partial charge in [-0.3, -0.25) is 13.7 Å². The first-order valence-electron chi connectivity index (χ1n) is 6.77. The van der Waals surface area contributed by atoms with Crippen LogP contribution in [0.5, 0.6) is 5.75 Å². The van der Waals surface area contributed by atoms with E-state index in [-0.39, 0.29) is 16.8 Å². The van der Waals surface area contributed by atoms with E-state index in [9.17, 15) is 19.3 Å². The quantitative estimate of drug-likeness (QED) is 0.618. The van der Waals surface area contributed by atoms with Crippen molar-refractivity contribution in [1.29, 1.82) is 0 Å². The molecular formula is C15H13N3O5S. The van der Waals surface area contributed by atoms with Crippen LogP contribution in [-0.2, 0) is 15.4 Å². The van der Waals surface area contributed by atoms with Gasteiger partial charge in [-0.15, -0.1) is 4.73 Å². The van der Waals surface area contributed by atoms with Gasteiger partial charge in [0.1, 0.15) is 5.75 Å². The first-order valence-corrected chi connectivity index (χ1v) is 7.84. The van der Waals surface area contributed by atoms with Crippen LogP contribution in [0.4, 0.5) is 5.69 Å². The van der Waals surface area contributed by atoms with Gasteiger partial charge in [-0.1, -0.05) is 12.1 Å². The molecule has 9 heteroatoms. The Morgan fingerprint density at radius 1 is 1.25 bits per heavy atom. The molecule has 2 aromatic heterocycles. The summed E-state index contributed by atoms with van der Waals surface area (Å²) >= 11 is -1.65. The molecule has 2 heterocycles. The van der Waals surface area contributed by atoms with E-state index >= 15 is 0 Å². The predicted molar refractivity (Wildman–Crippen MR) is 89.1 cm³/mol. The van der Waals surface area contributed by atoms with E-state index in [4.69, 9.17) is 0 Å². The van der Waals surface area contributed by atoms with Crippen LogP contribution in [0.1, 0.15) is 0 Å². The van der Waals surface area contributed by atoms with E-state index in [2.05, 4.69) is 13.9 Å². The fourth-order valence-corrected chi connectivity index (χ4v) is 2.64. The molecule has 124 valence electrons. The number of nitrogens with zero attached hydrogens (tertiary/aromatic N) is 2. The number of anilines is 1. The number of benzene rings is 1. The maximum Gasteiger partial charge on any atom is 0.288 e. The number of nitrogens with one attached hydrogen (secondary N) is 1. The number of rotatable bonds is 4. The molecule has 0 bridgehead atoms. The Hall–Kier alpha value is -2.91. The van der Waals surface area contributed by atoms with Gasteiger partial charge in [0.2, 0.25) is 0 Å². The minimum absolute atomic E-state index is 0.0430. The standard InChI is InChI=1S/C15H13N3O5S/c1-23-24(22)17-11-4-2-3-9(5-11)10-6-12-13(19)7-14(20)18(21)15(12)16-8-10/h2-8,17,19,21H,1H3.